The van der Waals surface area contributed by atoms with Gasteiger partial charge in [-0.3, -0.25) is 9.48 Å². The van der Waals surface area contributed by atoms with Crippen LogP contribution in [0.15, 0.2) is 6.20 Å². The van der Waals surface area contributed by atoms with Crippen LogP contribution in [0.4, 0.5) is 4.79 Å². The number of nitrogens with zero attached hydrogens (tertiary/aromatic N) is 3. The summed E-state index contributed by atoms with van der Waals surface area (Å²) in [6.45, 7) is 5.41. The van der Waals surface area contributed by atoms with Crippen molar-refractivity contribution in [1.82, 2.24) is 25.6 Å². The number of urea groups is 1. The van der Waals surface area contributed by atoms with Crippen LogP contribution in [0.2, 0.25) is 0 Å². The highest BCUT2D eigenvalue weighted by molar-refractivity contribution is 5.83. The van der Waals surface area contributed by atoms with E-state index in [2.05, 4.69) is 20.9 Å². The van der Waals surface area contributed by atoms with Crippen molar-refractivity contribution >= 4 is 18.0 Å². The van der Waals surface area contributed by atoms with Crippen molar-refractivity contribution in [2.24, 2.45) is 0 Å². The SMILES string of the molecule is CCCOCc1cn(CCCC[CH]NC(=O)N[C@@H](CCC(=O)O)C(=O)O)nn1. The second-order valence-corrected chi connectivity index (χ2v) is 6.17. The molecule has 1 heterocycles. The van der Waals surface area contributed by atoms with E-state index in [1.54, 1.807) is 4.68 Å². The van der Waals surface area contributed by atoms with E-state index in [1.165, 1.54) is 6.54 Å². The molecule has 28 heavy (non-hydrogen) atoms. The minimum absolute atomic E-state index is 0.179. The molecule has 1 radical (unpaired) electrons. The molecule has 157 valence electrons. The second-order valence-electron chi connectivity index (χ2n) is 6.17. The first kappa shape index (κ1) is 23.3. The first-order chi connectivity index (χ1) is 13.4. The molecule has 1 rings (SSSR count). The number of ether oxygens (including phenoxy) is 1. The van der Waals surface area contributed by atoms with Crippen LogP contribution < -0.4 is 10.6 Å². The Morgan fingerprint density at radius 2 is 2.11 bits per heavy atom. The van der Waals surface area contributed by atoms with Crippen LogP contribution >= 0.6 is 0 Å². The molecule has 4 N–H and O–H groups in total. The number of carboxylic acids is 2. The summed E-state index contributed by atoms with van der Waals surface area (Å²) in [7, 11) is 0. The van der Waals surface area contributed by atoms with Crippen molar-refractivity contribution in [3.05, 3.63) is 18.4 Å². The third-order valence-electron chi connectivity index (χ3n) is 3.65. The minimum atomic E-state index is -1.27. The van der Waals surface area contributed by atoms with E-state index in [9.17, 15) is 14.4 Å². The van der Waals surface area contributed by atoms with E-state index in [0.717, 1.165) is 25.0 Å². The number of carboxylic acid groups (broad SMARTS) is 2. The van der Waals surface area contributed by atoms with Gasteiger partial charge in [0.05, 0.1) is 19.3 Å². The lowest BCUT2D eigenvalue weighted by molar-refractivity contribution is -0.140. The number of carbonyl (C=O) groups excluding carboxylic acids is 1. The zero-order chi connectivity index (χ0) is 20.8. The lowest BCUT2D eigenvalue weighted by Gasteiger charge is -2.14. The van der Waals surface area contributed by atoms with E-state index >= 15 is 0 Å². The van der Waals surface area contributed by atoms with Gasteiger partial charge in [0.2, 0.25) is 0 Å². The van der Waals surface area contributed by atoms with Crippen LogP contribution in [0.1, 0.15) is 51.1 Å². The Balaban J connectivity index is 2.13. The highest BCUT2D eigenvalue weighted by Crippen LogP contribution is 2.03. The van der Waals surface area contributed by atoms with Crippen LogP contribution in [0, 0.1) is 6.54 Å². The third-order valence-corrected chi connectivity index (χ3v) is 3.65. The van der Waals surface area contributed by atoms with Crippen LogP contribution in [0.25, 0.3) is 0 Å². The smallest absolute Gasteiger partial charge is 0.326 e. The lowest BCUT2D eigenvalue weighted by atomic mass is 10.1. The highest BCUT2D eigenvalue weighted by Gasteiger charge is 2.20. The Morgan fingerprint density at radius 3 is 2.79 bits per heavy atom. The van der Waals surface area contributed by atoms with Crippen LogP contribution in [0.3, 0.4) is 0 Å². The molecule has 1 atom stereocenters. The van der Waals surface area contributed by atoms with Gasteiger partial charge in [0.15, 0.2) is 0 Å². The summed E-state index contributed by atoms with van der Waals surface area (Å²) >= 11 is 0. The number of unbranched alkanes of at least 4 members (excludes halogenated alkanes) is 2. The molecule has 0 saturated heterocycles. The van der Waals surface area contributed by atoms with Gasteiger partial charge in [0, 0.05) is 19.6 Å². The standard InChI is InChI=1S/C17H28N5O6/c1-2-10-28-12-13-11-22(21-20-13)9-5-3-4-8-18-17(27)19-14(16(25)26)6-7-15(23)24/h8,11,14H,2-7,9-10,12H2,1H3,(H,23,24)(H,25,26)(H2,18,19,27)/t14-/m0/s1. The van der Waals surface area contributed by atoms with Gasteiger partial charge >= 0.3 is 18.0 Å². The average Bonchev–Trinajstić information content (AvgIpc) is 3.09. The van der Waals surface area contributed by atoms with Gasteiger partial charge in [0.25, 0.3) is 0 Å². The summed E-state index contributed by atoms with van der Waals surface area (Å²) in [6.07, 6.45) is 4.50. The predicted octanol–water partition coefficient (Wildman–Crippen LogP) is 1.15. The number of aliphatic carboxylic acids is 2. The number of hydrogen-bond donors (Lipinski definition) is 4. The van der Waals surface area contributed by atoms with Gasteiger partial charge in [-0.1, -0.05) is 12.1 Å². The molecule has 0 aliphatic rings. The minimum Gasteiger partial charge on any atom is -0.481 e. The zero-order valence-corrected chi connectivity index (χ0v) is 16.0. The third kappa shape index (κ3) is 10.5. The Labute approximate surface area is 163 Å². The molecule has 0 fully saturated rings. The van der Waals surface area contributed by atoms with Crippen LogP contribution in [-0.2, 0) is 27.5 Å². The maximum absolute atomic E-state index is 11.7. The molecule has 0 unspecified atom stereocenters. The molecule has 11 heteroatoms. The van der Waals surface area contributed by atoms with Crippen molar-refractivity contribution < 1.29 is 29.3 Å². The molecule has 0 saturated carbocycles. The van der Waals surface area contributed by atoms with Gasteiger partial charge in [0.1, 0.15) is 11.7 Å². The topological polar surface area (TPSA) is 156 Å². The normalized spacial score (nSPS) is 11.8. The van der Waals surface area contributed by atoms with E-state index in [-0.39, 0.29) is 12.8 Å². The van der Waals surface area contributed by atoms with Crippen molar-refractivity contribution in [3.63, 3.8) is 0 Å². The van der Waals surface area contributed by atoms with E-state index in [4.69, 9.17) is 14.9 Å². The highest BCUT2D eigenvalue weighted by atomic mass is 16.5. The first-order valence-electron chi connectivity index (χ1n) is 9.22. The van der Waals surface area contributed by atoms with E-state index < -0.39 is 24.0 Å². The summed E-state index contributed by atoms with van der Waals surface area (Å²) in [5.74, 6) is -2.39. The number of hydrogen-bond acceptors (Lipinski definition) is 6. The van der Waals surface area contributed by atoms with Gasteiger partial charge in [-0.2, -0.15) is 0 Å². The molecular weight excluding hydrogens is 370 g/mol. The van der Waals surface area contributed by atoms with Gasteiger partial charge in [-0.15, -0.1) is 5.10 Å². The zero-order valence-electron chi connectivity index (χ0n) is 16.0. The van der Waals surface area contributed by atoms with E-state index in [1.807, 2.05) is 13.1 Å². The first-order valence-corrected chi connectivity index (χ1v) is 9.22. The van der Waals surface area contributed by atoms with E-state index in [0.29, 0.717) is 26.2 Å². The molecule has 0 spiro atoms. The molecule has 0 aromatic carbocycles. The fourth-order valence-corrected chi connectivity index (χ4v) is 2.25. The summed E-state index contributed by atoms with van der Waals surface area (Å²) in [4.78, 5) is 33.2. The Hall–Kier alpha value is -2.69. The van der Waals surface area contributed by atoms with Crippen LogP contribution in [-0.4, -0.2) is 55.8 Å². The molecule has 0 aliphatic heterocycles. The van der Waals surface area contributed by atoms with Crippen molar-refractivity contribution in [2.45, 2.75) is 64.6 Å². The van der Waals surface area contributed by atoms with Gasteiger partial charge in [-0.05, 0) is 32.1 Å². The molecule has 11 nitrogen and oxygen atoms in total. The number of aromatic nitrogens is 3. The van der Waals surface area contributed by atoms with Crippen molar-refractivity contribution in [2.75, 3.05) is 6.61 Å². The Bertz CT molecular complexity index is 621. The molecule has 1 aromatic rings. The molecule has 1 aromatic heterocycles. The number of rotatable bonds is 15. The number of amides is 2. The number of aryl methyl sites for hydroxylation is 1. The molecule has 2 amide bonds. The number of carbonyl (C=O) groups is 3. The fourth-order valence-electron chi connectivity index (χ4n) is 2.25. The van der Waals surface area contributed by atoms with Gasteiger partial charge in [-0.25, -0.2) is 9.59 Å². The Morgan fingerprint density at radius 1 is 1.32 bits per heavy atom. The maximum Gasteiger partial charge on any atom is 0.326 e. The summed E-state index contributed by atoms with van der Waals surface area (Å²) in [6, 6.07) is -1.92. The summed E-state index contributed by atoms with van der Waals surface area (Å²) in [5.41, 5.74) is 0.786. The van der Waals surface area contributed by atoms with Crippen molar-refractivity contribution in [1.29, 1.82) is 0 Å². The molecule has 0 bridgehead atoms. The summed E-state index contributed by atoms with van der Waals surface area (Å²) in [5, 5.41) is 30.3. The fraction of sp³-hybridized carbons (Fsp3) is 0.647. The quantitative estimate of drug-likeness (QED) is 0.321. The summed E-state index contributed by atoms with van der Waals surface area (Å²) < 4.78 is 7.14. The van der Waals surface area contributed by atoms with Crippen molar-refractivity contribution in [3.8, 4) is 0 Å². The van der Waals surface area contributed by atoms with Crippen LogP contribution in [0.5, 0.6) is 0 Å². The lowest BCUT2D eigenvalue weighted by Crippen LogP contribution is -2.45. The monoisotopic (exact) mass is 398 g/mol. The molecule has 0 aliphatic carbocycles. The van der Waals surface area contributed by atoms with Gasteiger partial charge < -0.3 is 25.6 Å². The molecular formula is C17H28N5O6. The second kappa shape index (κ2) is 13.5. The Kier molecular flexibility index (Phi) is 11.2. The maximum atomic E-state index is 11.7. The average molecular weight is 398 g/mol. The predicted molar refractivity (Wildman–Crippen MR) is 98.1 cm³/mol. The largest absolute Gasteiger partial charge is 0.481 e. The number of nitrogens with one attached hydrogen (secondary N) is 2.